The number of nitrogen functional groups attached to an aromatic ring is 1. The van der Waals surface area contributed by atoms with E-state index < -0.39 is 0 Å². The van der Waals surface area contributed by atoms with Gasteiger partial charge in [-0.2, -0.15) is 4.98 Å². The Labute approximate surface area is 131 Å². The summed E-state index contributed by atoms with van der Waals surface area (Å²) in [6.45, 7) is 4.41. The second-order valence-corrected chi connectivity index (χ2v) is 6.59. The minimum Gasteiger partial charge on any atom is -0.396 e. The van der Waals surface area contributed by atoms with Crippen molar-refractivity contribution in [2.75, 3.05) is 23.9 Å². The molecule has 0 unspecified atom stereocenters. The van der Waals surface area contributed by atoms with Crippen molar-refractivity contribution in [1.29, 1.82) is 0 Å². The molecule has 0 aliphatic rings. The van der Waals surface area contributed by atoms with Gasteiger partial charge in [-0.1, -0.05) is 19.0 Å². The molecule has 8 heteroatoms. The first-order valence-corrected chi connectivity index (χ1v) is 8.58. The molecule has 0 saturated carbocycles. The topological polar surface area (TPSA) is 94.0 Å². The predicted octanol–water partition coefficient (Wildman–Crippen LogP) is 2.93. The number of carbonyl (C=O) groups excluding carboxylic acids is 1. The van der Waals surface area contributed by atoms with Crippen molar-refractivity contribution in [2.45, 2.75) is 25.2 Å². The molecule has 2 aromatic rings. The Morgan fingerprint density at radius 2 is 2.33 bits per heavy atom. The number of aromatic nitrogens is 2. The number of nitrogens with one attached hydrogen (secondary N) is 1. The van der Waals surface area contributed by atoms with Gasteiger partial charge in [0.25, 0.3) is 0 Å². The van der Waals surface area contributed by atoms with E-state index in [0.717, 1.165) is 9.90 Å². The summed E-state index contributed by atoms with van der Waals surface area (Å²) >= 11 is 2.95. The number of thiophene rings is 1. The maximum absolute atomic E-state index is 12.2. The molecule has 0 aromatic carbocycles. The largest absolute Gasteiger partial charge is 0.396 e. The lowest BCUT2D eigenvalue weighted by Gasteiger charge is -2.04. The summed E-state index contributed by atoms with van der Waals surface area (Å²) in [5, 5.41) is 7.98. The number of carbonyl (C=O) groups is 1. The molecule has 0 amide bonds. The second kappa shape index (κ2) is 6.95. The lowest BCUT2D eigenvalue weighted by molar-refractivity contribution is 0.0944. The highest BCUT2D eigenvalue weighted by Gasteiger charge is 2.22. The summed E-state index contributed by atoms with van der Waals surface area (Å²) in [5.41, 5.74) is 6.69. The minimum absolute atomic E-state index is 0.0622. The fraction of sp³-hybridized carbons (Fsp3) is 0.462. The van der Waals surface area contributed by atoms with Crippen molar-refractivity contribution in [1.82, 2.24) is 10.1 Å². The zero-order valence-electron chi connectivity index (χ0n) is 12.2. The number of nitrogens with two attached hydrogens (primary N) is 1. The first kappa shape index (κ1) is 15.8. The van der Waals surface area contributed by atoms with Crippen molar-refractivity contribution >= 4 is 39.6 Å². The number of hydrogen-bond donors (Lipinski definition) is 2. The predicted molar refractivity (Wildman–Crippen MR) is 86.2 cm³/mol. The molecule has 21 heavy (non-hydrogen) atoms. The number of thioether (sulfide) groups is 1. The number of anilines is 2. The Hall–Kier alpha value is -1.54. The standard InChI is InChI=1S/C13H18N4O2S2/c1-7(2)10(18)11-9(14)12(20-3)13(21-11)15-5-4-8-16-6-19-17-8/h6-7,15H,4-5,14H2,1-3H3. The van der Waals surface area contributed by atoms with E-state index in [-0.39, 0.29) is 11.7 Å². The molecule has 2 rings (SSSR count). The van der Waals surface area contributed by atoms with E-state index in [1.807, 2.05) is 20.1 Å². The Balaban J connectivity index is 2.11. The van der Waals surface area contributed by atoms with E-state index in [1.54, 1.807) is 11.8 Å². The third-order valence-electron chi connectivity index (χ3n) is 2.89. The van der Waals surface area contributed by atoms with Gasteiger partial charge in [0.1, 0.15) is 5.00 Å². The normalized spacial score (nSPS) is 11.0. The van der Waals surface area contributed by atoms with Gasteiger partial charge >= 0.3 is 0 Å². The van der Waals surface area contributed by atoms with Gasteiger partial charge in [0.05, 0.1) is 15.5 Å². The average molecular weight is 326 g/mol. The van der Waals surface area contributed by atoms with E-state index in [2.05, 4.69) is 20.0 Å². The van der Waals surface area contributed by atoms with E-state index in [4.69, 9.17) is 5.73 Å². The van der Waals surface area contributed by atoms with E-state index in [9.17, 15) is 4.79 Å². The van der Waals surface area contributed by atoms with Crippen LogP contribution >= 0.6 is 23.1 Å². The van der Waals surface area contributed by atoms with Crippen LogP contribution in [0.4, 0.5) is 10.7 Å². The van der Waals surface area contributed by atoms with Gasteiger partial charge in [-0.3, -0.25) is 4.79 Å². The van der Waals surface area contributed by atoms with E-state index in [1.165, 1.54) is 17.7 Å². The van der Waals surface area contributed by atoms with Crippen LogP contribution in [0.2, 0.25) is 0 Å². The molecule has 0 atom stereocenters. The summed E-state index contributed by atoms with van der Waals surface area (Å²) in [4.78, 5) is 17.7. The molecule has 0 saturated heterocycles. The van der Waals surface area contributed by atoms with Gasteiger partial charge in [0.15, 0.2) is 11.6 Å². The van der Waals surface area contributed by atoms with Gasteiger partial charge in [0, 0.05) is 18.9 Å². The molecule has 0 aliphatic carbocycles. The number of nitrogens with zero attached hydrogens (tertiary/aromatic N) is 2. The van der Waals surface area contributed by atoms with Crippen molar-refractivity contribution in [2.24, 2.45) is 5.92 Å². The number of ketones is 1. The molecular weight excluding hydrogens is 308 g/mol. The fourth-order valence-electron chi connectivity index (χ4n) is 1.78. The summed E-state index contributed by atoms with van der Waals surface area (Å²) < 4.78 is 4.69. The number of rotatable bonds is 7. The SMILES string of the molecule is CSc1c(NCCc2ncon2)sc(C(=O)C(C)C)c1N. The number of hydrogen-bond acceptors (Lipinski definition) is 8. The highest BCUT2D eigenvalue weighted by atomic mass is 32.2. The first-order chi connectivity index (χ1) is 10.0. The van der Waals surface area contributed by atoms with Crippen molar-refractivity contribution in [3.63, 3.8) is 0 Å². The molecule has 2 aromatic heterocycles. The molecule has 0 spiro atoms. The van der Waals surface area contributed by atoms with Crippen LogP contribution in [0.3, 0.4) is 0 Å². The third kappa shape index (κ3) is 3.56. The quantitative estimate of drug-likeness (QED) is 0.596. The van der Waals surface area contributed by atoms with Crippen LogP contribution < -0.4 is 11.1 Å². The zero-order chi connectivity index (χ0) is 15.4. The Morgan fingerprint density at radius 3 is 2.90 bits per heavy atom. The van der Waals surface area contributed by atoms with Crippen LogP contribution in [0.1, 0.15) is 29.3 Å². The molecule has 0 radical (unpaired) electrons. The highest BCUT2D eigenvalue weighted by Crippen LogP contribution is 2.42. The van der Waals surface area contributed by atoms with Gasteiger partial charge in [0.2, 0.25) is 6.39 Å². The maximum Gasteiger partial charge on any atom is 0.213 e. The molecule has 0 fully saturated rings. The molecule has 0 bridgehead atoms. The summed E-state index contributed by atoms with van der Waals surface area (Å²) in [7, 11) is 0. The summed E-state index contributed by atoms with van der Waals surface area (Å²) in [5.74, 6) is 0.670. The zero-order valence-corrected chi connectivity index (χ0v) is 13.8. The van der Waals surface area contributed by atoms with Gasteiger partial charge in [-0.05, 0) is 6.26 Å². The summed E-state index contributed by atoms with van der Waals surface area (Å²) in [6, 6.07) is 0. The first-order valence-electron chi connectivity index (χ1n) is 6.54. The lowest BCUT2D eigenvalue weighted by Crippen LogP contribution is -2.07. The monoisotopic (exact) mass is 326 g/mol. The Kier molecular flexibility index (Phi) is 5.24. The smallest absolute Gasteiger partial charge is 0.213 e. The Bertz CT molecular complexity index is 608. The van der Waals surface area contributed by atoms with Gasteiger partial charge in [-0.15, -0.1) is 23.1 Å². The molecular formula is C13H18N4O2S2. The number of Topliss-reactive ketones (excluding diaryl/α,β-unsaturated/α-hetero) is 1. The van der Waals surface area contributed by atoms with Crippen LogP contribution in [-0.2, 0) is 6.42 Å². The average Bonchev–Trinajstić information content (AvgIpc) is 3.06. The van der Waals surface area contributed by atoms with E-state index >= 15 is 0 Å². The Morgan fingerprint density at radius 1 is 1.57 bits per heavy atom. The van der Waals surface area contributed by atoms with Crippen LogP contribution in [0.15, 0.2) is 15.8 Å². The molecule has 6 nitrogen and oxygen atoms in total. The molecule has 3 N–H and O–H groups in total. The maximum atomic E-state index is 12.2. The van der Waals surface area contributed by atoms with Gasteiger partial charge < -0.3 is 15.6 Å². The van der Waals surface area contributed by atoms with Crippen molar-refractivity contribution in [3.8, 4) is 0 Å². The third-order valence-corrected chi connectivity index (χ3v) is 5.03. The molecule has 0 aliphatic heterocycles. The van der Waals surface area contributed by atoms with Crippen LogP contribution in [0.5, 0.6) is 0 Å². The van der Waals surface area contributed by atoms with Crippen molar-refractivity contribution < 1.29 is 9.32 Å². The highest BCUT2D eigenvalue weighted by molar-refractivity contribution is 7.99. The fourth-order valence-corrected chi connectivity index (χ4v) is 3.93. The van der Waals surface area contributed by atoms with Gasteiger partial charge in [-0.25, -0.2) is 0 Å². The molecule has 2 heterocycles. The summed E-state index contributed by atoms with van der Waals surface area (Å²) in [6.07, 6.45) is 3.91. The van der Waals surface area contributed by atoms with Crippen LogP contribution in [-0.4, -0.2) is 28.7 Å². The van der Waals surface area contributed by atoms with E-state index in [0.29, 0.717) is 29.4 Å². The van der Waals surface area contributed by atoms with Crippen LogP contribution in [0, 0.1) is 5.92 Å². The second-order valence-electron chi connectivity index (χ2n) is 4.75. The minimum atomic E-state index is -0.0622. The lowest BCUT2D eigenvalue weighted by atomic mass is 10.1. The van der Waals surface area contributed by atoms with Crippen molar-refractivity contribution in [3.05, 3.63) is 17.1 Å². The van der Waals surface area contributed by atoms with Crippen LogP contribution in [0.25, 0.3) is 0 Å². The molecule has 114 valence electrons.